The van der Waals surface area contributed by atoms with Gasteiger partial charge in [-0.15, -0.1) is 0 Å². The van der Waals surface area contributed by atoms with Crippen LogP contribution in [-0.4, -0.2) is 65.1 Å². The van der Waals surface area contributed by atoms with Crippen LogP contribution >= 0.6 is 0 Å². The average molecular weight is 494 g/mol. The molecule has 1 saturated carbocycles. The minimum absolute atomic E-state index is 0.00773. The van der Waals surface area contributed by atoms with Gasteiger partial charge in [-0.1, -0.05) is 0 Å². The van der Waals surface area contributed by atoms with Crippen molar-refractivity contribution in [3.63, 3.8) is 0 Å². The molecule has 0 radical (unpaired) electrons. The van der Waals surface area contributed by atoms with Gasteiger partial charge < -0.3 is 30.6 Å². The summed E-state index contributed by atoms with van der Waals surface area (Å²) in [5.41, 5.74) is 7.60. The van der Waals surface area contributed by atoms with Gasteiger partial charge >= 0.3 is 0 Å². The Balaban J connectivity index is 1.45. The Morgan fingerprint density at radius 3 is 2.75 bits per heavy atom. The molecule has 3 aromatic rings. The van der Waals surface area contributed by atoms with Crippen molar-refractivity contribution in [1.29, 1.82) is 0 Å². The molecule has 36 heavy (non-hydrogen) atoms. The van der Waals surface area contributed by atoms with Crippen molar-refractivity contribution >= 4 is 29.1 Å². The number of amides is 2. The number of carbonyl (C=O) groups excluding carboxylic acids is 2. The molecular weight excluding hydrogens is 466 g/mol. The van der Waals surface area contributed by atoms with E-state index in [-0.39, 0.29) is 29.5 Å². The van der Waals surface area contributed by atoms with Crippen LogP contribution in [0.2, 0.25) is 0 Å². The normalized spacial score (nSPS) is 19.2. The van der Waals surface area contributed by atoms with E-state index in [1.54, 1.807) is 25.6 Å². The van der Waals surface area contributed by atoms with Gasteiger partial charge in [-0.05, 0) is 18.9 Å². The molecule has 4 N–H and O–H groups in total. The lowest BCUT2D eigenvalue weighted by atomic mass is 10.1. The number of nitrogens with zero attached hydrogens (tertiary/aromatic N) is 4. The second-order valence-corrected chi connectivity index (χ2v) is 8.70. The first-order chi connectivity index (χ1) is 17.5. The van der Waals surface area contributed by atoms with Crippen LogP contribution in [-0.2, 0) is 14.3 Å². The molecule has 188 valence electrons. The lowest BCUT2D eigenvalue weighted by molar-refractivity contribution is -0.117. The van der Waals surface area contributed by atoms with Crippen LogP contribution in [0.15, 0.2) is 36.9 Å². The molecular formula is C24H27N7O5. The molecule has 0 unspecified atom stereocenters. The number of pyridine rings is 2. The van der Waals surface area contributed by atoms with E-state index in [1.165, 1.54) is 13.3 Å². The Bertz CT molecular complexity index is 1290. The summed E-state index contributed by atoms with van der Waals surface area (Å²) in [5, 5.41) is 10.4. The van der Waals surface area contributed by atoms with Crippen LogP contribution in [0.1, 0.15) is 29.2 Å². The fourth-order valence-electron chi connectivity index (χ4n) is 4.15. The number of carbonyl (C=O) groups is 2. The number of ether oxygens (including phenoxy) is 3. The van der Waals surface area contributed by atoms with Crippen LogP contribution < -0.4 is 21.1 Å². The van der Waals surface area contributed by atoms with E-state index >= 15 is 0 Å². The number of rotatable bonds is 9. The van der Waals surface area contributed by atoms with Gasteiger partial charge in [0, 0.05) is 48.8 Å². The summed E-state index contributed by atoms with van der Waals surface area (Å²) in [6.45, 7) is 1.03. The number of methoxy groups -OCH3 is 2. The minimum atomic E-state index is -0.673. The fourth-order valence-corrected chi connectivity index (χ4v) is 4.15. The molecule has 2 amide bonds. The third-order valence-corrected chi connectivity index (χ3v) is 6.29. The number of nitrogens with one attached hydrogen (secondary N) is 2. The number of anilines is 3. The highest BCUT2D eigenvalue weighted by Crippen LogP contribution is 2.38. The highest BCUT2D eigenvalue weighted by molar-refractivity contribution is 6.00. The number of hydrogen-bond acceptors (Lipinski definition) is 9. The molecule has 0 aromatic carbocycles. The van der Waals surface area contributed by atoms with E-state index in [9.17, 15) is 9.59 Å². The van der Waals surface area contributed by atoms with E-state index in [1.807, 2.05) is 16.9 Å². The van der Waals surface area contributed by atoms with Crippen LogP contribution in [0, 0.1) is 5.92 Å². The van der Waals surface area contributed by atoms with E-state index in [4.69, 9.17) is 19.9 Å². The maximum Gasteiger partial charge on any atom is 0.252 e. The molecule has 2 aliphatic rings. The third-order valence-electron chi connectivity index (χ3n) is 6.29. The standard InChI is InChI=1S/C24H27N7O5/c1-34-19-12-36-11-18(19)31-10-14(8-28-31)15-5-6-26-23(21(15)35-2)29-17-7-20(27-9-16(17)22(25)32)30-24(33)13-3-4-13/h5-10,13,18-19H,3-4,11-12H2,1-2H3,(H2,25,32)(H2,26,27,29,30,33)/t18-,19-/m0/s1. The predicted octanol–water partition coefficient (Wildman–Crippen LogP) is 2.13. The van der Waals surface area contributed by atoms with Crippen LogP contribution in [0.4, 0.5) is 17.3 Å². The van der Waals surface area contributed by atoms with Crippen molar-refractivity contribution in [2.45, 2.75) is 25.0 Å². The van der Waals surface area contributed by atoms with E-state index in [2.05, 4.69) is 25.7 Å². The highest BCUT2D eigenvalue weighted by atomic mass is 16.5. The fraction of sp³-hybridized carbons (Fsp3) is 0.375. The van der Waals surface area contributed by atoms with Gasteiger partial charge in [-0.25, -0.2) is 9.97 Å². The van der Waals surface area contributed by atoms with Crippen LogP contribution in [0.25, 0.3) is 11.1 Å². The van der Waals surface area contributed by atoms with E-state index in [0.29, 0.717) is 36.3 Å². The van der Waals surface area contributed by atoms with Gasteiger partial charge in [0.25, 0.3) is 5.91 Å². The average Bonchev–Trinajstić information content (AvgIpc) is 3.42. The Hall–Kier alpha value is -4.03. The summed E-state index contributed by atoms with van der Waals surface area (Å²) in [7, 11) is 3.19. The minimum Gasteiger partial charge on any atom is -0.492 e. The van der Waals surface area contributed by atoms with Gasteiger partial charge in [-0.3, -0.25) is 14.3 Å². The Morgan fingerprint density at radius 2 is 2.03 bits per heavy atom. The summed E-state index contributed by atoms with van der Waals surface area (Å²) in [5.74, 6) is 0.343. The number of nitrogens with two attached hydrogens (primary N) is 1. The quantitative estimate of drug-likeness (QED) is 0.406. The molecule has 0 spiro atoms. The zero-order valence-electron chi connectivity index (χ0n) is 19.9. The molecule has 2 atom stereocenters. The van der Waals surface area contributed by atoms with Gasteiger partial charge in [0.1, 0.15) is 18.0 Å². The maximum atomic E-state index is 12.2. The number of aromatic nitrogens is 4. The molecule has 0 bridgehead atoms. The van der Waals surface area contributed by atoms with Crippen molar-refractivity contribution in [2.24, 2.45) is 11.7 Å². The van der Waals surface area contributed by atoms with Crippen molar-refractivity contribution in [2.75, 3.05) is 38.1 Å². The van der Waals surface area contributed by atoms with Crippen molar-refractivity contribution < 1.29 is 23.8 Å². The van der Waals surface area contributed by atoms with Crippen molar-refractivity contribution in [1.82, 2.24) is 19.7 Å². The lowest BCUT2D eigenvalue weighted by Crippen LogP contribution is -2.24. The molecule has 5 rings (SSSR count). The Morgan fingerprint density at radius 1 is 1.19 bits per heavy atom. The zero-order valence-corrected chi connectivity index (χ0v) is 19.9. The SMILES string of the molecule is COc1c(-c2cnn([C@H]3COC[C@@H]3OC)c2)ccnc1Nc1cc(NC(=O)C2CC2)ncc1C(N)=O. The predicted molar refractivity (Wildman–Crippen MR) is 130 cm³/mol. The first kappa shape index (κ1) is 23.7. The summed E-state index contributed by atoms with van der Waals surface area (Å²) < 4.78 is 18.6. The molecule has 3 aromatic heterocycles. The van der Waals surface area contributed by atoms with E-state index in [0.717, 1.165) is 24.0 Å². The second-order valence-electron chi connectivity index (χ2n) is 8.70. The molecule has 12 nitrogen and oxygen atoms in total. The summed E-state index contributed by atoms with van der Waals surface area (Å²) in [6.07, 6.45) is 8.22. The van der Waals surface area contributed by atoms with Crippen LogP contribution in [0.3, 0.4) is 0 Å². The molecule has 1 saturated heterocycles. The Labute approximate surface area is 207 Å². The topological polar surface area (TPSA) is 156 Å². The molecule has 4 heterocycles. The first-order valence-corrected chi connectivity index (χ1v) is 11.5. The molecule has 1 aliphatic carbocycles. The molecule has 2 fully saturated rings. The smallest absolute Gasteiger partial charge is 0.252 e. The third kappa shape index (κ3) is 4.72. The Kier molecular flexibility index (Phi) is 6.53. The van der Waals surface area contributed by atoms with Crippen molar-refractivity contribution in [3.8, 4) is 16.9 Å². The van der Waals surface area contributed by atoms with E-state index < -0.39 is 5.91 Å². The van der Waals surface area contributed by atoms with Gasteiger partial charge in [-0.2, -0.15) is 5.10 Å². The molecule has 1 aliphatic heterocycles. The number of primary amides is 1. The number of hydrogen-bond donors (Lipinski definition) is 3. The van der Waals surface area contributed by atoms with Gasteiger partial charge in [0.2, 0.25) is 5.91 Å². The maximum absolute atomic E-state index is 12.2. The lowest BCUT2D eigenvalue weighted by Gasteiger charge is -2.17. The van der Waals surface area contributed by atoms with Crippen molar-refractivity contribution in [3.05, 3.63) is 42.5 Å². The summed E-state index contributed by atoms with van der Waals surface area (Å²) >= 11 is 0. The zero-order chi connectivity index (χ0) is 25.2. The first-order valence-electron chi connectivity index (χ1n) is 11.5. The summed E-state index contributed by atoms with van der Waals surface area (Å²) in [4.78, 5) is 32.8. The molecule has 12 heteroatoms. The van der Waals surface area contributed by atoms with Crippen LogP contribution in [0.5, 0.6) is 5.75 Å². The largest absolute Gasteiger partial charge is 0.492 e. The van der Waals surface area contributed by atoms with Gasteiger partial charge in [0.05, 0.1) is 37.8 Å². The second kappa shape index (κ2) is 9.91. The summed E-state index contributed by atoms with van der Waals surface area (Å²) in [6, 6.07) is 3.33. The monoisotopic (exact) mass is 493 g/mol. The van der Waals surface area contributed by atoms with Gasteiger partial charge in [0.15, 0.2) is 11.6 Å². The highest BCUT2D eigenvalue weighted by Gasteiger charge is 2.31.